The largest absolute Gasteiger partial charge is 0.491 e. The summed E-state index contributed by atoms with van der Waals surface area (Å²) in [6.07, 6.45) is 2.35. The minimum absolute atomic E-state index is 0.00343. The lowest BCUT2D eigenvalue weighted by Crippen LogP contribution is -2.37. The number of halogens is 1. The average Bonchev–Trinajstić information content (AvgIpc) is 3.47. The number of rotatable bonds is 3. The highest BCUT2D eigenvalue weighted by atomic mass is 19.1. The van der Waals surface area contributed by atoms with Gasteiger partial charge in [0.1, 0.15) is 24.0 Å². The summed E-state index contributed by atoms with van der Waals surface area (Å²) in [6, 6.07) is 2.71. The van der Waals surface area contributed by atoms with Gasteiger partial charge >= 0.3 is 0 Å². The summed E-state index contributed by atoms with van der Waals surface area (Å²) in [4.78, 5) is 32.6. The van der Waals surface area contributed by atoms with Crippen molar-refractivity contribution in [2.24, 2.45) is 5.73 Å². The number of amides is 2. The number of likely N-dealkylation sites (tertiary alicyclic amines) is 2. The van der Waals surface area contributed by atoms with E-state index in [9.17, 15) is 19.1 Å². The molecule has 5 rings (SSSR count). The lowest BCUT2D eigenvalue weighted by atomic mass is 10.0. The molecular formula is C24H26FN5O4. The number of primary amides is 1. The number of carbonyl (C=O) groups excluding carboxylic acids is 2. The molecule has 9 nitrogen and oxygen atoms in total. The molecule has 0 unspecified atom stereocenters. The van der Waals surface area contributed by atoms with E-state index in [2.05, 4.69) is 21.7 Å². The van der Waals surface area contributed by atoms with Crippen molar-refractivity contribution in [2.45, 2.75) is 38.0 Å². The number of nitrogens with zero attached hydrogens (tertiary/aromatic N) is 4. The second-order valence-corrected chi connectivity index (χ2v) is 8.99. The topological polar surface area (TPSA) is 114 Å². The Labute approximate surface area is 196 Å². The van der Waals surface area contributed by atoms with Gasteiger partial charge in [0.05, 0.1) is 23.4 Å². The molecule has 2 fully saturated rings. The van der Waals surface area contributed by atoms with Crippen LogP contribution in [0.4, 0.5) is 4.39 Å². The fraction of sp³-hybridized carbons (Fsp3) is 0.458. The van der Waals surface area contributed by atoms with Gasteiger partial charge in [-0.2, -0.15) is 0 Å². The van der Waals surface area contributed by atoms with Crippen molar-refractivity contribution in [1.82, 2.24) is 19.4 Å². The lowest BCUT2D eigenvalue weighted by Gasteiger charge is -2.17. The van der Waals surface area contributed by atoms with Crippen molar-refractivity contribution in [3.8, 4) is 29.0 Å². The Morgan fingerprint density at radius 1 is 1.29 bits per heavy atom. The molecule has 4 heterocycles. The Hall–Kier alpha value is -3.42. The molecule has 0 radical (unpaired) electrons. The summed E-state index contributed by atoms with van der Waals surface area (Å²) in [6.45, 7) is 3.49. The van der Waals surface area contributed by atoms with Gasteiger partial charge in [0.15, 0.2) is 5.69 Å². The molecule has 0 bridgehead atoms. The van der Waals surface area contributed by atoms with Gasteiger partial charge in [0, 0.05) is 32.6 Å². The minimum atomic E-state index is -1.84. The van der Waals surface area contributed by atoms with Crippen LogP contribution in [0.5, 0.6) is 5.75 Å². The highest BCUT2D eigenvalue weighted by Crippen LogP contribution is 2.36. The zero-order chi connectivity index (χ0) is 24.0. The first-order valence-corrected chi connectivity index (χ1v) is 11.4. The van der Waals surface area contributed by atoms with E-state index in [1.165, 1.54) is 17.0 Å². The molecule has 3 aliphatic heterocycles. The van der Waals surface area contributed by atoms with Crippen LogP contribution in [0.3, 0.4) is 0 Å². The molecule has 3 N–H and O–H groups in total. The highest BCUT2D eigenvalue weighted by Gasteiger charge is 2.42. The fourth-order valence-corrected chi connectivity index (χ4v) is 4.78. The molecule has 2 saturated heterocycles. The predicted molar refractivity (Wildman–Crippen MR) is 120 cm³/mol. The smallest absolute Gasteiger partial charge is 0.269 e. The Kier molecular flexibility index (Phi) is 5.54. The number of fused-ring (bicyclic) bond motifs is 3. The zero-order valence-corrected chi connectivity index (χ0v) is 18.9. The van der Waals surface area contributed by atoms with E-state index in [1.54, 1.807) is 7.05 Å². The number of imidazole rings is 1. The molecule has 1 aromatic heterocycles. The number of hydrogen-bond donors (Lipinski definition) is 2. The van der Waals surface area contributed by atoms with Gasteiger partial charge in [-0.05, 0) is 32.0 Å². The van der Waals surface area contributed by atoms with Crippen LogP contribution in [-0.2, 0) is 17.9 Å². The van der Waals surface area contributed by atoms with Crippen LogP contribution in [0.2, 0.25) is 0 Å². The fourth-order valence-electron chi connectivity index (χ4n) is 4.78. The van der Waals surface area contributed by atoms with Gasteiger partial charge in [0.2, 0.25) is 5.60 Å². The third kappa shape index (κ3) is 3.81. The average molecular weight is 468 g/mol. The maximum absolute atomic E-state index is 14.9. The number of ether oxygens (including phenoxy) is 1. The Morgan fingerprint density at radius 3 is 2.74 bits per heavy atom. The summed E-state index contributed by atoms with van der Waals surface area (Å²) in [5.74, 6) is 4.16. The zero-order valence-electron chi connectivity index (χ0n) is 18.9. The maximum Gasteiger partial charge on any atom is 0.269 e. The summed E-state index contributed by atoms with van der Waals surface area (Å²) >= 11 is 0. The quantitative estimate of drug-likeness (QED) is 0.643. The van der Waals surface area contributed by atoms with E-state index >= 15 is 0 Å². The van der Waals surface area contributed by atoms with E-state index < -0.39 is 23.2 Å². The molecule has 1 atom stereocenters. The lowest BCUT2D eigenvalue weighted by molar-refractivity contribution is -0.137. The molecule has 0 aliphatic carbocycles. The van der Waals surface area contributed by atoms with Crippen LogP contribution >= 0.6 is 0 Å². The van der Waals surface area contributed by atoms with Crippen LogP contribution in [0, 0.1) is 17.7 Å². The summed E-state index contributed by atoms with van der Waals surface area (Å²) in [5, 5.41) is 10.6. The van der Waals surface area contributed by atoms with Gasteiger partial charge in [-0.25, -0.2) is 9.37 Å². The van der Waals surface area contributed by atoms with Gasteiger partial charge in [-0.3, -0.25) is 14.5 Å². The molecule has 3 aliphatic rings. The maximum atomic E-state index is 14.9. The first kappa shape index (κ1) is 22.4. The molecule has 2 amide bonds. The molecule has 10 heteroatoms. The number of aromatic nitrogens is 2. The Morgan fingerprint density at radius 2 is 2.06 bits per heavy atom. The Balaban J connectivity index is 1.58. The number of likely N-dealkylation sites (N-methyl/N-ethyl adjacent to an activating group) is 1. The van der Waals surface area contributed by atoms with E-state index in [1.807, 2.05) is 4.57 Å². The monoisotopic (exact) mass is 467 g/mol. The van der Waals surface area contributed by atoms with Crippen LogP contribution in [0.1, 0.15) is 41.0 Å². The van der Waals surface area contributed by atoms with E-state index in [-0.39, 0.29) is 30.0 Å². The Bertz CT molecular complexity index is 1240. The third-order valence-electron chi connectivity index (χ3n) is 6.67. The van der Waals surface area contributed by atoms with Crippen molar-refractivity contribution < 1.29 is 23.8 Å². The molecule has 2 aromatic rings. The van der Waals surface area contributed by atoms with Crippen molar-refractivity contribution in [1.29, 1.82) is 0 Å². The van der Waals surface area contributed by atoms with Crippen molar-refractivity contribution >= 4 is 11.8 Å². The van der Waals surface area contributed by atoms with Gasteiger partial charge in [-0.15, -0.1) is 0 Å². The number of nitrogens with two attached hydrogens (primary N) is 1. The number of carbonyl (C=O) groups is 2. The van der Waals surface area contributed by atoms with Gasteiger partial charge in [-0.1, -0.05) is 11.8 Å². The summed E-state index contributed by atoms with van der Waals surface area (Å²) in [5.41, 5.74) is 5.20. The minimum Gasteiger partial charge on any atom is -0.491 e. The second-order valence-electron chi connectivity index (χ2n) is 8.99. The van der Waals surface area contributed by atoms with Gasteiger partial charge in [0.25, 0.3) is 11.8 Å². The summed E-state index contributed by atoms with van der Waals surface area (Å²) < 4.78 is 22.6. The summed E-state index contributed by atoms with van der Waals surface area (Å²) in [7, 11) is 1.58. The standard InChI is InChI=1S/C24H26FN5O4/c1-28-9-6-24(33,23(28)32)5-4-15-12-16-19(13-17(15)25)34-11-10-30-18(14-29-7-2-3-8-29)20(21(26)31)27-22(16)30/h12-13,33H,2-3,6-11,14H2,1H3,(H2,26,31)/t24-/m0/s1. The van der Waals surface area contributed by atoms with Gasteiger partial charge < -0.3 is 25.0 Å². The van der Waals surface area contributed by atoms with E-state index in [4.69, 9.17) is 10.5 Å². The number of benzene rings is 1. The first-order chi connectivity index (χ1) is 16.3. The number of aliphatic hydroxyl groups is 1. The second kappa shape index (κ2) is 8.42. The van der Waals surface area contributed by atoms with Crippen molar-refractivity contribution in [2.75, 3.05) is 33.3 Å². The van der Waals surface area contributed by atoms with E-state index in [0.717, 1.165) is 25.9 Å². The molecule has 34 heavy (non-hydrogen) atoms. The van der Waals surface area contributed by atoms with Crippen LogP contribution in [-0.4, -0.2) is 75.2 Å². The molecule has 1 aromatic carbocycles. The third-order valence-corrected chi connectivity index (χ3v) is 6.67. The normalized spacial score (nSPS) is 22.0. The SMILES string of the molecule is CN1CC[C@@](O)(C#Cc2cc3c(cc2F)OCCn2c-3nc(C(N)=O)c2CN2CCCC2)C1=O. The van der Waals surface area contributed by atoms with Crippen LogP contribution in [0.15, 0.2) is 12.1 Å². The van der Waals surface area contributed by atoms with E-state index in [0.29, 0.717) is 36.7 Å². The van der Waals surface area contributed by atoms with Crippen molar-refractivity contribution in [3.05, 3.63) is 34.9 Å². The molecule has 0 saturated carbocycles. The predicted octanol–water partition coefficient (Wildman–Crippen LogP) is 0.721. The van der Waals surface area contributed by atoms with Crippen molar-refractivity contribution in [3.63, 3.8) is 0 Å². The first-order valence-electron chi connectivity index (χ1n) is 11.4. The van der Waals surface area contributed by atoms with Crippen LogP contribution < -0.4 is 10.5 Å². The molecule has 0 spiro atoms. The number of hydrogen-bond acceptors (Lipinski definition) is 6. The molecular weight excluding hydrogens is 441 g/mol. The van der Waals surface area contributed by atoms with Crippen LogP contribution in [0.25, 0.3) is 11.4 Å². The highest BCUT2D eigenvalue weighted by molar-refractivity contribution is 5.93. The molecule has 178 valence electrons.